The second-order valence-corrected chi connectivity index (χ2v) is 7.11. The number of rotatable bonds is 4. The molecule has 30 heavy (non-hydrogen) atoms. The zero-order valence-electron chi connectivity index (χ0n) is 16.8. The fourth-order valence-corrected chi connectivity index (χ4v) is 3.60. The molecule has 7 nitrogen and oxygen atoms in total. The molecule has 0 saturated carbocycles. The van der Waals surface area contributed by atoms with Gasteiger partial charge in [-0.25, -0.2) is 9.78 Å². The maximum Gasteiger partial charge on any atom is 0.354 e. The van der Waals surface area contributed by atoms with Crippen LogP contribution in [0.25, 0.3) is 16.8 Å². The predicted molar refractivity (Wildman–Crippen MR) is 114 cm³/mol. The molecule has 2 aromatic heterocycles. The standard InChI is InChI=1S/C23H19N5O2/c1-13-5-4-6-14(2)20(13)21-15(3)27-28-19(11-18(23(29)30)26-22(21)28)25-17-9-7-16(12-24)8-10-17/h4-11,25H,1-3H3,(H,29,30). The number of carboxylic acid groups (broad SMARTS) is 1. The van der Waals surface area contributed by atoms with Crippen molar-refractivity contribution in [3.05, 3.63) is 76.6 Å². The van der Waals surface area contributed by atoms with Gasteiger partial charge >= 0.3 is 5.97 Å². The van der Waals surface area contributed by atoms with Gasteiger partial charge in [0.1, 0.15) is 5.82 Å². The Balaban J connectivity index is 1.95. The number of hydrogen-bond acceptors (Lipinski definition) is 5. The Morgan fingerprint density at radius 1 is 1.07 bits per heavy atom. The first-order valence-corrected chi connectivity index (χ1v) is 9.36. The minimum absolute atomic E-state index is 0.0777. The van der Waals surface area contributed by atoms with Crippen molar-refractivity contribution in [2.75, 3.05) is 5.32 Å². The predicted octanol–water partition coefficient (Wildman–Crippen LogP) is 4.64. The largest absolute Gasteiger partial charge is 0.477 e. The average molecular weight is 397 g/mol. The number of nitrogens with zero attached hydrogens (tertiary/aromatic N) is 4. The van der Waals surface area contributed by atoms with Crippen molar-refractivity contribution in [2.24, 2.45) is 0 Å². The highest BCUT2D eigenvalue weighted by Gasteiger charge is 2.21. The van der Waals surface area contributed by atoms with Gasteiger partial charge in [0.05, 0.1) is 22.9 Å². The maximum atomic E-state index is 11.8. The van der Waals surface area contributed by atoms with E-state index in [-0.39, 0.29) is 5.69 Å². The molecule has 0 saturated heterocycles. The molecule has 4 rings (SSSR count). The van der Waals surface area contributed by atoms with E-state index < -0.39 is 5.97 Å². The molecule has 0 aliphatic carbocycles. The number of aryl methyl sites for hydroxylation is 3. The summed E-state index contributed by atoms with van der Waals surface area (Å²) < 4.78 is 1.63. The summed E-state index contributed by atoms with van der Waals surface area (Å²) in [6, 6.07) is 16.4. The van der Waals surface area contributed by atoms with E-state index in [9.17, 15) is 9.90 Å². The van der Waals surface area contributed by atoms with Crippen LogP contribution < -0.4 is 5.32 Å². The van der Waals surface area contributed by atoms with Gasteiger partial charge in [0.25, 0.3) is 0 Å². The normalized spacial score (nSPS) is 10.7. The van der Waals surface area contributed by atoms with Gasteiger partial charge in [0.2, 0.25) is 0 Å². The Morgan fingerprint density at radius 2 is 1.73 bits per heavy atom. The number of hydrogen-bond donors (Lipinski definition) is 2. The summed E-state index contributed by atoms with van der Waals surface area (Å²) >= 11 is 0. The van der Waals surface area contributed by atoms with Gasteiger partial charge in [-0.05, 0) is 61.7 Å². The van der Waals surface area contributed by atoms with Gasteiger partial charge in [0.15, 0.2) is 11.3 Å². The SMILES string of the molecule is Cc1cccc(C)c1-c1c(C)nn2c(Nc3ccc(C#N)cc3)cc(C(=O)O)nc12. The fourth-order valence-electron chi connectivity index (χ4n) is 3.60. The van der Waals surface area contributed by atoms with Crippen LogP contribution in [0.5, 0.6) is 0 Å². The van der Waals surface area contributed by atoms with E-state index in [4.69, 9.17) is 5.26 Å². The molecule has 0 atom stereocenters. The van der Waals surface area contributed by atoms with Crippen molar-refractivity contribution in [3.8, 4) is 17.2 Å². The third-order valence-electron chi connectivity index (χ3n) is 5.00. The molecule has 2 aromatic carbocycles. The Morgan fingerprint density at radius 3 is 2.33 bits per heavy atom. The molecule has 0 aliphatic heterocycles. The number of nitrogens with one attached hydrogen (secondary N) is 1. The number of aromatic nitrogens is 3. The Hall–Kier alpha value is -4.18. The van der Waals surface area contributed by atoms with E-state index in [0.29, 0.717) is 22.7 Å². The van der Waals surface area contributed by atoms with Crippen LogP contribution in [0, 0.1) is 32.1 Å². The summed E-state index contributed by atoms with van der Waals surface area (Å²) in [5, 5.41) is 26.5. The van der Waals surface area contributed by atoms with E-state index >= 15 is 0 Å². The zero-order valence-corrected chi connectivity index (χ0v) is 16.8. The zero-order chi connectivity index (χ0) is 21.4. The van der Waals surface area contributed by atoms with E-state index in [0.717, 1.165) is 27.9 Å². The molecule has 4 aromatic rings. The van der Waals surface area contributed by atoms with Crippen LogP contribution in [0.2, 0.25) is 0 Å². The van der Waals surface area contributed by atoms with Crippen LogP contribution in [-0.4, -0.2) is 25.7 Å². The molecule has 0 bridgehead atoms. The van der Waals surface area contributed by atoms with Crippen LogP contribution in [0.4, 0.5) is 11.5 Å². The number of fused-ring (bicyclic) bond motifs is 1. The number of aromatic carboxylic acids is 1. The molecule has 148 valence electrons. The van der Waals surface area contributed by atoms with Gasteiger partial charge in [-0.2, -0.15) is 14.9 Å². The molecular formula is C23H19N5O2. The highest BCUT2D eigenvalue weighted by molar-refractivity contribution is 5.91. The van der Waals surface area contributed by atoms with Crippen LogP contribution >= 0.6 is 0 Å². The number of nitriles is 1. The summed E-state index contributed by atoms with van der Waals surface area (Å²) in [7, 11) is 0. The number of anilines is 2. The lowest BCUT2D eigenvalue weighted by Crippen LogP contribution is -2.08. The van der Waals surface area contributed by atoms with Gasteiger partial charge in [-0.15, -0.1) is 0 Å². The third kappa shape index (κ3) is 3.25. The van der Waals surface area contributed by atoms with Crippen molar-refractivity contribution in [2.45, 2.75) is 20.8 Å². The lowest BCUT2D eigenvalue weighted by Gasteiger charge is -2.11. The molecule has 0 amide bonds. The molecule has 0 aliphatic rings. The second-order valence-electron chi connectivity index (χ2n) is 7.11. The lowest BCUT2D eigenvalue weighted by molar-refractivity contribution is 0.0690. The summed E-state index contributed by atoms with van der Waals surface area (Å²) in [5.74, 6) is -0.644. The Kier molecular flexibility index (Phi) is 4.68. The molecule has 2 N–H and O–H groups in total. The van der Waals surface area contributed by atoms with Gasteiger partial charge in [0, 0.05) is 11.8 Å². The quantitative estimate of drug-likeness (QED) is 0.520. The van der Waals surface area contributed by atoms with E-state index in [2.05, 4.69) is 21.5 Å². The first-order chi connectivity index (χ1) is 14.4. The average Bonchev–Trinajstić information content (AvgIpc) is 3.05. The number of carbonyl (C=O) groups is 1. The first kappa shape index (κ1) is 19.2. The van der Waals surface area contributed by atoms with Gasteiger partial charge < -0.3 is 10.4 Å². The monoisotopic (exact) mass is 397 g/mol. The van der Waals surface area contributed by atoms with Crippen molar-refractivity contribution in [3.63, 3.8) is 0 Å². The fraction of sp³-hybridized carbons (Fsp3) is 0.130. The summed E-state index contributed by atoms with van der Waals surface area (Å²) in [6.07, 6.45) is 0. The Labute approximate surface area is 173 Å². The first-order valence-electron chi connectivity index (χ1n) is 9.36. The van der Waals surface area contributed by atoms with E-state index in [1.807, 2.05) is 39.0 Å². The van der Waals surface area contributed by atoms with E-state index in [1.54, 1.807) is 28.8 Å². The molecule has 0 radical (unpaired) electrons. The minimum atomic E-state index is -1.12. The molecule has 0 unspecified atom stereocenters. The third-order valence-corrected chi connectivity index (χ3v) is 5.00. The van der Waals surface area contributed by atoms with Crippen molar-refractivity contribution in [1.82, 2.24) is 14.6 Å². The molecule has 2 heterocycles. The van der Waals surface area contributed by atoms with E-state index in [1.165, 1.54) is 6.07 Å². The highest BCUT2D eigenvalue weighted by atomic mass is 16.4. The van der Waals surface area contributed by atoms with Crippen LogP contribution in [0.3, 0.4) is 0 Å². The number of benzene rings is 2. The number of carboxylic acids is 1. The van der Waals surface area contributed by atoms with Crippen LogP contribution in [0.1, 0.15) is 32.9 Å². The van der Waals surface area contributed by atoms with Crippen molar-refractivity contribution in [1.29, 1.82) is 5.26 Å². The lowest BCUT2D eigenvalue weighted by atomic mass is 9.96. The smallest absolute Gasteiger partial charge is 0.354 e. The maximum absolute atomic E-state index is 11.8. The topological polar surface area (TPSA) is 103 Å². The van der Waals surface area contributed by atoms with Crippen molar-refractivity contribution >= 4 is 23.1 Å². The molecule has 0 spiro atoms. The van der Waals surface area contributed by atoms with Gasteiger partial charge in [-0.3, -0.25) is 0 Å². The second kappa shape index (κ2) is 7.33. The van der Waals surface area contributed by atoms with Crippen LogP contribution in [0.15, 0.2) is 48.5 Å². The minimum Gasteiger partial charge on any atom is -0.477 e. The molecule has 7 heteroatoms. The Bertz CT molecular complexity index is 1310. The molecule has 0 fully saturated rings. The van der Waals surface area contributed by atoms with Gasteiger partial charge in [-0.1, -0.05) is 18.2 Å². The summed E-state index contributed by atoms with van der Waals surface area (Å²) in [4.78, 5) is 16.2. The van der Waals surface area contributed by atoms with Crippen molar-refractivity contribution < 1.29 is 9.90 Å². The summed E-state index contributed by atoms with van der Waals surface area (Å²) in [6.45, 7) is 5.92. The highest BCUT2D eigenvalue weighted by Crippen LogP contribution is 2.34. The molecular weight excluding hydrogens is 378 g/mol. The summed E-state index contributed by atoms with van der Waals surface area (Å²) in [5.41, 5.74) is 6.35. The van der Waals surface area contributed by atoms with Crippen LogP contribution in [-0.2, 0) is 0 Å².